The van der Waals surface area contributed by atoms with Gasteiger partial charge in [0.2, 0.25) is 0 Å². The Morgan fingerprint density at radius 1 is 1.08 bits per heavy atom. The summed E-state index contributed by atoms with van der Waals surface area (Å²) in [6.07, 6.45) is 0.229. The van der Waals surface area contributed by atoms with Gasteiger partial charge in [0.1, 0.15) is 11.5 Å². The largest absolute Gasteiger partial charge is 0.550 e. The Hall–Kier alpha value is -3.21. The molecule has 0 spiro atoms. The molecule has 0 atom stereocenters. The number of carbonyl (C=O) groups excluding carboxylic acids is 1. The summed E-state index contributed by atoms with van der Waals surface area (Å²) in [5, 5.41) is 21.1. The minimum Gasteiger partial charge on any atom is -0.550 e. The molecule has 0 saturated heterocycles. The fourth-order valence-electron chi connectivity index (χ4n) is 2.83. The predicted octanol–water partition coefficient (Wildman–Crippen LogP) is 2.54. The SMILES string of the molecule is COc1ccc(-c2ccc(CCC(=O)[O-])n2-c2ccccc2O)cc1. The van der Waals surface area contributed by atoms with Crippen LogP contribution in [-0.4, -0.2) is 22.8 Å². The third kappa shape index (κ3) is 3.50. The number of carbonyl (C=O) groups is 1. The van der Waals surface area contributed by atoms with Crippen molar-refractivity contribution in [3.63, 3.8) is 0 Å². The van der Waals surface area contributed by atoms with Crippen LogP contribution in [0.2, 0.25) is 0 Å². The van der Waals surface area contributed by atoms with Crippen molar-refractivity contribution >= 4 is 5.97 Å². The lowest BCUT2D eigenvalue weighted by Crippen LogP contribution is -2.22. The molecule has 0 amide bonds. The number of hydrogen-bond donors (Lipinski definition) is 1. The van der Waals surface area contributed by atoms with Crippen molar-refractivity contribution in [1.82, 2.24) is 4.57 Å². The third-order valence-corrected chi connectivity index (χ3v) is 4.06. The van der Waals surface area contributed by atoms with Crippen LogP contribution in [0.25, 0.3) is 16.9 Å². The Labute approximate surface area is 145 Å². The summed E-state index contributed by atoms with van der Waals surface area (Å²) in [6.45, 7) is 0. The number of phenolic OH excluding ortho intramolecular Hbond substituents is 1. The quantitative estimate of drug-likeness (QED) is 0.751. The smallest absolute Gasteiger partial charge is 0.139 e. The number of aliphatic carboxylic acids is 1. The van der Waals surface area contributed by atoms with Crippen molar-refractivity contribution < 1.29 is 19.7 Å². The number of ether oxygens (including phenoxy) is 1. The number of para-hydroxylation sites is 2. The van der Waals surface area contributed by atoms with E-state index in [1.165, 1.54) is 0 Å². The summed E-state index contributed by atoms with van der Waals surface area (Å²) in [5.74, 6) is -0.221. The molecule has 0 aliphatic heterocycles. The van der Waals surface area contributed by atoms with Gasteiger partial charge in [-0.2, -0.15) is 0 Å². The zero-order chi connectivity index (χ0) is 17.8. The lowest BCUT2D eigenvalue weighted by molar-refractivity contribution is -0.305. The summed E-state index contributed by atoms with van der Waals surface area (Å²) in [6, 6.07) is 18.3. The second-order valence-electron chi connectivity index (χ2n) is 5.63. The van der Waals surface area contributed by atoms with Crippen molar-refractivity contribution in [3.8, 4) is 28.4 Å². The average molecular weight is 336 g/mol. The van der Waals surface area contributed by atoms with E-state index in [0.29, 0.717) is 12.1 Å². The highest BCUT2D eigenvalue weighted by molar-refractivity contribution is 5.68. The first-order valence-corrected chi connectivity index (χ1v) is 7.93. The van der Waals surface area contributed by atoms with E-state index in [9.17, 15) is 15.0 Å². The molecule has 0 fully saturated rings. The van der Waals surface area contributed by atoms with Crippen LogP contribution in [-0.2, 0) is 11.2 Å². The highest BCUT2D eigenvalue weighted by atomic mass is 16.5. The van der Waals surface area contributed by atoms with Gasteiger partial charge in [0, 0.05) is 11.7 Å². The predicted molar refractivity (Wildman–Crippen MR) is 92.7 cm³/mol. The molecule has 0 aliphatic rings. The van der Waals surface area contributed by atoms with Crippen molar-refractivity contribution in [3.05, 3.63) is 66.4 Å². The van der Waals surface area contributed by atoms with Gasteiger partial charge in [-0.15, -0.1) is 0 Å². The second kappa shape index (κ2) is 7.13. The molecule has 0 unspecified atom stereocenters. The van der Waals surface area contributed by atoms with Crippen molar-refractivity contribution in [2.45, 2.75) is 12.8 Å². The molecule has 5 nitrogen and oxygen atoms in total. The van der Waals surface area contributed by atoms with Crippen LogP contribution in [0, 0.1) is 0 Å². The van der Waals surface area contributed by atoms with Gasteiger partial charge in [-0.05, 0) is 66.9 Å². The van der Waals surface area contributed by atoms with E-state index >= 15 is 0 Å². The summed E-state index contributed by atoms with van der Waals surface area (Å²) in [7, 11) is 1.61. The number of rotatable bonds is 6. The van der Waals surface area contributed by atoms with Gasteiger partial charge >= 0.3 is 0 Å². The Morgan fingerprint density at radius 3 is 2.44 bits per heavy atom. The van der Waals surface area contributed by atoms with Crippen LogP contribution < -0.4 is 9.84 Å². The highest BCUT2D eigenvalue weighted by Crippen LogP contribution is 2.32. The Bertz CT molecular complexity index is 881. The first kappa shape index (κ1) is 16.6. The van der Waals surface area contributed by atoms with Crippen molar-refractivity contribution in [2.24, 2.45) is 0 Å². The molecular formula is C20H18NO4-. The van der Waals surface area contributed by atoms with Crippen LogP contribution in [0.3, 0.4) is 0 Å². The molecule has 128 valence electrons. The summed E-state index contributed by atoms with van der Waals surface area (Å²) in [5.41, 5.74) is 3.18. The lowest BCUT2D eigenvalue weighted by Gasteiger charge is -2.16. The van der Waals surface area contributed by atoms with E-state index < -0.39 is 5.97 Å². The number of aromatic hydroxyl groups is 1. The van der Waals surface area contributed by atoms with Crippen LogP contribution in [0.5, 0.6) is 11.5 Å². The molecule has 3 aromatic rings. The Balaban J connectivity index is 2.11. The molecule has 5 heteroatoms. The number of methoxy groups -OCH3 is 1. The minimum atomic E-state index is -1.10. The van der Waals surface area contributed by atoms with Crippen molar-refractivity contribution in [2.75, 3.05) is 7.11 Å². The Morgan fingerprint density at radius 2 is 1.80 bits per heavy atom. The summed E-state index contributed by atoms with van der Waals surface area (Å²) >= 11 is 0. The molecule has 1 aromatic heterocycles. The highest BCUT2D eigenvalue weighted by Gasteiger charge is 2.14. The van der Waals surface area contributed by atoms with E-state index in [-0.39, 0.29) is 12.2 Å². The summed E-state index contributed by atoms with van der Waals surface area (Å²) in [4.78, 5) is 10.9. The Kier molecular flexibility index (Phi) is 4.75. The number of hydrogen-bond acceptors (Lipinski definition) is 4. The number of phenols is 1. The molecule has 0 bridgehead atoms. The standard InChI is InChI=1S/C20H19NO4/c1-25-16-10-6-14(7-11-16)17-12-8-15(9-13-20(23)24)21(17)18-4-2-3-5-19(18)22/h2-8,10-12,22H,9,13H2,1H3,(H,23,24)/p-1. The summed E-state index contributed by atoms with van der Waals surface area (Å²) < 4.78 is 7.07. The molecule has 0 radical (unpaired) electrons. The monoisotopic (exact) mass is 336 g/mol. The van der Waals surface area contributed by atoms with Crippen LogP contribution in [0.4, 0.5) is 0 Å². The topological polar surface area (TPSA) is 74.5 Å². The van der Waals surface area contributed by atoms with Crippen LogP contribution in [0.15, 0.2) is 60.7 Å². The molecule has 1 heterocycles. The van der Waals surface area contributed by atoms with Gasteiger partial charge in [0.05, 0.1) is 18.5 Å². The molecular weight excluding hydrogens is 318 g/mol. The molecule has 3 rings (SSSR count). The fourth-order valence-corrected chi connectivity index (χ4v) is 2.83. The number of carboxylic acids is 1. The minimum absolute atomic E-state index is 0.0837. The molecule has 2 aromatic carbocycles. The second-order valence-corrected chi connectivity index (χ2v) is 5.63. The van der Waals surface area contributed by atoms with Gasteiger partial charge in [0.25, 0.3) is 0 Å². The molecule has 0 saturated carbocycles. The average Bonchev–Trinajstić information content (AvgIpc) is 3.04. The number of carboxylic acid groups (broad SMARTS) is 1. The number of aromatic nitrogens is 1. The normalized spacial score (nSPS) is 10.6. The lowest BCUT2D eigenvalue weighted by atomic mass is 10.1. The van der Waals surface area contributed by atoms with E-state index in [4.69, 9.17) is 4.74 Å². The van der Waals surface area contributed by atoms with E-state index in [1.54, 1.807) is 25.3 Å². The van der Waals surface area contributed by atoms with Gasteiger partial charge in [-0.25, -0.2) is 0 Å². The number of aryl methyl sites for hydroxylation is 1. The van der Waals surface area contributed by atoms with Gasteiger partial charge in [-0.1, -0.05) is 12.1 Å². The fraction of sp³-hybridized carbons (Fsp3) is 0.150. The number of nitrogens with zero attached hydrogens (tertiary/aromatic N) is 1. The third-order valence-electron chi connectivity index (χ3n) is 4.06. The number of benzene rings is 2. The molecule has 0 aliphatic carbocycles. The maximum atomic E-state index is 10.9. The maximum Gasteiger partial charge on any atom is 0.139 e. The van der Waals surface area contributed by atoms with E-state index in [0.717, 1.165) is 22.7 Å². The first-order chi connectivity index (χ1) is 12.1. The van der Waals surface area contributed by atoms with E-state index in [2.05, 4.69) is 0 Å². The van der Waals surface area contributed by atoms with Gasteiger partial charge < -0.3 is 24.3 Å². The zero-order valence-electron chi connectivity index (χ0n) is 13.8. The van der Waals surface area contributed by atoms with Gasteiger partial charge in [-0.3, -0.25) is 0 Å². The zero-order valence-corrected chi connectivity index (χ0v) is 13.8. The van der Waals surface area contributed by atoms with Gasteiger partial charge in [0.15, 0.2) is 0 Å². The molecule has 1 N–H and O–H groups in total. The van der Waals surface area contributed by atoms with Crippen molar-refractivity contribution in [1.29, 1.82) is 0 Å². The van der Waals surface area contributed by atoms with E-state index in [1.807, 2.05) is 47.0 Å². The maximum absolute atomic E-state index is 10.9. The first-order valence-electron chi connectivity index (χ1n) is 7.93. The molecule has 25 heavy (non-hydrogen) atoms. The van der Waals surface area contributed by atoms with Crippen LogP contribution >= 0.6 is 0 Å². The van der Waals surface area contributed by atoms with Crippen LogP contribution in [0.1, 0.15) is 12.1 Å².